The van der Waals surface area contributed by atoms with Crippen LogP contribution < -0.4 is 10.1 Å². The van der Waals surface area contributed by atoms with Crippen molar-refractivity contribution in [1.82, 2.24) is 5.32 Å². The summed E-state index contributed by atoms with van der Waals surface area (Å²) in [6, 6.07) is 5.43. The first-order valence-corrected chi connectivity index (χ1v) is 13.6. The number of carbonyl (C=O) groups excluding carboxylic acids is 2. The molecule has 182 valence electrons. The zero-order chi connectivity index (χ0) is 23.9. The highest BCUT2D eigenvalue weighted by atomic mass is 31.2. The number of benzene rings is 1. The number of aryl methyl sites for hydroxylation is 1. The summed E-state index contributed by atoms with van der Waals surface area (Å²) in [4.78, 5) is 22.9. The Labute approximate surface area is 197 Å². The molecule has 1 aliphatic rings. The van der Waals surface area contributed by atoms with Crippen LogP contribution in [0, 0.1) is 0 Å². The van der Waals surface area contributed by atoms with Crippen LogP contribution in [0.5, 0.6) is 5.75 Å². The lowest BCUT2D eigenvalue weighted by Crippen LogP contribution is -2.24. The Morgan fingerprint density at radius 1 is 1.09 bits per heavy atom. The lowest BCUT2D eigenvalue weighted by molar-refractivity contribution is -0.121. The van der Waals surface area contributed by atoms with E-state index in [0.29, 0.717) is 44.8 Å². The van der Waals surface area contributed by atoms with Gasteiger partial charge in [-0.15, -0.1) is 0 Å². The monoisotopic (exact) mass is 477 g/mol. The van der Waals surface area contributed by atoms with Crippen LogP contribution >= 0.6 is 7.60 Å². The molecule has 8 heteroatoms. The minimum Gasteiger partial charge on any atom is -0.494 e. The molecule has 1 aromatic carbocycles. The Morgan fingerprint density at radius 3 is 2.58 bits per heavy atom. The molecule has 0 aromatic heterocycles. The Kier molecular flexibility index (Phi) is 12.2. The summed E-state index contributed by atoms with van der Waals surface area (Å²) < 4.78 is 28.6. The van der Waals surface area contributed by atoms with Crippen molar-refractivity contribution in [2.75, 3.05) is 33.0 Å². The molecule has 1 unspecified atom stereocenters. The maximum atomic E-state index is 12.1. The number of unbranched alkanes of at least 4 members (excludes halogenated alkanes) is 3. The van der Waals surface area contributed by atoms with Crippen LogP contribution in [0.3, 0.4) is 0 Å². The second-order valence-corrected chi connectivity index (χ2v) is 10.1. The molecule has 33 heavy (non-hydrogen) atoms. The van der Waals surface area contributed by atoms with Gasteiger partial charge >= 0.3 is 7.60 Å². The number of rotatable bonds is 18. The van der Waals surface area contributed by atoms with Crippen molar-refractivity contribution in [3.8, 4) is 5.75 Å². The molecular weight excluding hydrogens is 441 g/mol. The third-order valence-corrected chi connectivity index (χ3v) is 6.49. The number of aldehydes is 1. The molecule has 7 nitrogen and oxygen atoms in total. The molecule has 1 aliphatic carbocycles. The second kappa shape index (κ2) is 14.8. The summed E-state index contributed by atoms with van der Waals surface area (Å²) >= 11 is 0. The highest BCUT2D eigenvalue weighted by Crippen LogP contribution is 2.44. The predicted octanol–water partition coefficient (Wildman–Crippen LogP) is 5.25. The van der Waals surface area contributed by atoms with E-state index in [-0.39, 0.29) is 5.91 Å². The lowest BCUT2D eigenvalue weighted by Gasteiger charge is -2.15. The van der Waals surface area contributed by atoms with E-state index in [9.17, 15) is 14.2 Å². The van der Waals surface area contributed by atoms with Gasteiger partial charge in [-0.05, 0) is 55.0 Å². The van der Waals surface area contributed by atoms with E-state index in [0.717, 1.165) is 55.3 Å². The van der Waals surface area contributed by atoms with E-state index in [4.69, 9.17) is 13.8 Å². The van der Waals surface area contributed by atoms with Crippen LogP contribution in [-0.4, -0.2) is 45.2 Å². The topological polar surface area (TPSA) is 90.9 Å². The normalized spacial score (nSPS) is 14.2. The fourth-order valence-electron chi connectivity index (χ4n) is 3.20. The highest BCUT2D eigenvalue weighted by molar-refractivity contribution is 7.52. The number of hydrogen-bond acceptors (Lipinski definition) is 6. The molecule has 0 fully saturated rings. The summed E-state index contributed by atoms with van der Waals surface area (Å²) in [6.07, 6.45) is 12.0. The van der Waals surface area contributed by atoms with Gasteiger partial charge in [0.15, 0.2) is 0 Å². The largest absolute Gasteiger partial charge is 0.494 e. The van der Waals surface area contributed by atoms with Crippen molar-refractivity contribution in [2.45, 2.75) is 51.9 Å². The number of amides is 1. The van der Waals surface area contributed by atoms with E-state index in [1.165, 1.54) is 6.66 Å². The summed E-state index contributed by atoms with van der Waals surface area (Å²) in [7, 11) is -3.00. The standard InChI is InChI=1S/C25H36NO6P/c1-3-22-18-24(14-13-23(22)19-27)30-16-9-12-25(28)26-15-6-4-5-7-17-31-33(2,29)32-20-21-10-8-11-21/h8,10-11,13-14,18-19H,3-7,9,12,15-17,20H2,1-2H3,(H,26,28). The Balaban J connectivity index is 1.43. The number of ether oxygens (including phenoxy) is 1. The van der Waals surface area contributed by atoms with Gasteiger partial charge in [-0.25, -0.2) is 0 Å². The van der Waals surface area contributed by atoms with Gasteiger partial charge < -0.3 is 19.1 Å². The first kappa shape index (κ1) is 27.0. The zero-order valence-corrected chi connectivity index (χ0v) is 20.6. The molecule has 0 saturated heterocycles. The van der Waals surface area contributed by atoms with Crippen molar-refractivity contribution in [3.05, 3.63) is 53.1 Å². The van der Waals surface area contributed by atoms with Crippen LogP contribution in [0.25, 0.3) is 0 Å². The average molecular weight is 478 g/mol. The predicted molar refractivity (Wildman–Crippen MR) is 130 cm³/mol. The maximum absolute atomic E-state index is 12.1. The number of allylic oxidation sites excluding steroid dienone is 2. The lowest BCUT2D eigenvalue weighted by atomic mass is 10.1. The van der Waals surface area contributed by atoms with E-state index < -0.39 is 7.60 Å². The number of carbonyl (C=O) groups is 2. The van der Waals surface area contributed by atoms with Gasteiger partial charge in [-0.1, -0.05) is 38.0 Å². The third kappa shape index (κ3) is 11.0. The molecule has 1 aromatic rings. The molecule has 0 aliphatic heterocycles. The number of nitrogens with one attached hydrogen (secondary N) is 1. The van der Waals surface area contributed by atoms with Crippen molar-refractivity contribution in [2.24, 2.45) is 0 Å². The van der Waals surface area contributed by atoms with E-state index in [1.807, 2.05) is 31.2 Å². The Morgan fingerprint density at radius 2 is 1.88 bits per heavy atom. The second-order valence-electron chi connectivity index (χ2n) is 8.03. The fraction of sp³-hybridized carbons (Fsp3) is 0.520. The molecular formula is C25H36NO6P. The molecule has 0 radical (unpaired) electrons. The fourth-order valence-corrected chi connectivity index (χ4v) is 4.12. The van der Waals surface area contributed by atoms with Crippen molar-refractivity contribution >= 4 is 19.8 Å². The minimum absolute atomic E-state index is 0.0213. The van der Waals surface area contributed by atoms with Crippen LogP contribution in [0.15, 0.2) is 42.0 Å². The van der Waals surface area contributed by atoms with Crippen LogP contribution in [-0.2, 0) is 24.8 Å². The van der Waals surface area contributed by atoms with Gasteiger partial charge in [0.2, 0.25) is 5.91 Å². The Bertz CT molecular complexity index is 880. The Hall–Kier alpha value is -2.21. The summed E-state index contributed by atoms with van der Waals surface area (Å²) in [5.74, 6) is 0.744. The van der Waals surface area contributed by atoms with E-state index in [2.05, 4.69) is 5.32 Å². The first-order chi connectivity index (χ1) is 15.9. The van der Waals surface area contributed by atoms with Crippen LogP contribution in [0.1, 0.15) is 61.4 Å². The molecule has 0 spiro atoms. The molecule has 2 rings (SSSR count). The quantitative estimate of drug-likeness (QED) is 0.176. The summed E-state index contributed by atoms with van der Waals surface area (Å²) in [5, 5.41) is 2.93. The van der Waals surface area contributed by atoms with Gasteiger partial charge in [0.05, 0.1) is 19.8 Å². The molecule has 1 amide bonds. The molecule has 0 saturated carbocycles. The van der Waals surface area contributed by atoms with Gasteiger partial charge in [-0.2, -0.15) is 0 Å². The molecule has 0 heterocycles. The maximum Gasteiger partial charge on any atom is 0.327 e. The van der Waals surface area contributed by atoms with Crippen LogP contribution in [0.2, 0.25) is 0 Å². The van der Waals surface area contributed by atoms with Gasteiger partial charge in [0.1, 0.15) is 12.0 Å². The smallest absolute Gasteiger partial charge is 0.327 e. The summed E-state index contributed by atoms with van der Waals surface area (Å²) in [6.45, 7) is 5.33. The molecule has 1 atom stereocenters. The van der Waals surface area contributed by atoms with Crippen molar-refractivity contribution < 1.29 is 27.9 Å². The third-order valence-electron chi connectivity index (χ3n) is 5.24. The SMILES string of the molecule is CCc1cc(OCCCC(=O)NCCCCCCOP(C)(=O)OCC2=CC=C2)ccc1C=O. The molecule has 0 bridgehead atoms. The minimum atomic E-state index is -3.00. The van der Waals surface area contributed by atoms with Crippen molar-refractivity contribution in [1.29, 1.82) is 0 Å². The molecule has 1 N–H and O–H groups in total. The van der Waals surface area contributed by atoms with E-state index in [1.54, 1.807) is 12.1 Å². The van der Waals surface area contributed by atoms with Gasteiger partial charge in [0.25, 0.3) is 0 Å². The van der Waals surface area contributed by atoms with Crippen LogP contribution in [0.4, 0.5) is 0 Å². The van der Waals surface area contributed by atoms with Gasteiger partial charge in [0, 0.05) is 25.2 Å². The van der Waals surface area contributed by atoms with Crippen molar-refractivity contribution in [3.63, 3.8) is 0 Å². The van der Waals surface area contributed by atoms with E-state index >= 15 is 0 Å². The van der Waals surface area contributed by atoms with Gasteiger partial charge in [-0.3, -0.25) is 14.2 Å². The highest BCUT2D eigenvalue weighted by Gasteiger charge is 2.17. The average Bonchev–Trinajstić information content (AvgIpc) is 2.77. The first-order valence-electron chi connectivity index (χ1n) is 11.6. The number of hydrogen-bond donors (Lipinski definition) is 1. The zero-order valence-electron chi connectivity index (χ0n) is 19.7. The summed E-state index contributed by atoms with van der Waals surface area (Å²) in [5.41, 5.74) is 2.67.